The molecule has 116 valence electrons. The minimum atomic E-state index is -0.675. The first kappa shape index (κ1) is 20.7. The summed E-state index contributed by atoms with van der Waals surface area (Å²) >= 11 is 0. The molecule has 0 fully saturated rings. The molecule has 0 aliphatic heterocycles. The second-order valence-electron chi connectivity index (χ2n) is 5.64. The van der Waals surface area contributed by atoms with Crippen molar-refractivity contribution in [2.75, 3.05) is 26.4 Å². The van der Waals surface area contributed by atoms with E-state index in [1.807, 2.05) is 0 Å². The van der Waals surface area contributed by atoms with Crippen molar-refractivity contribution in [1.82, 2.24) is 0 Å². The molecular weight excluding hydrogens is 246 g/mol. The maximum absolute atomic E-state index is 10.2. The van der Waals surface area contributed by atoms with Crippen LogP contribution in [0.25, 0.3) is 0 Å². The molecular formula is C14H31NO4. The van der Waals surface area contributed by atoms with E-state index in [0.29, 0.717) is 31.6 Å². The van der Waals surface area contributed by atoms with Gasteiger partial charge in [0.15, 0.2) is 0 Å². The highest BCUT2D eigenvalue weighted by Gasteiger charge is 2.08. The molecule has 0 aromatic carbocycles. The maximum atomic E-state index is 10.2. The van der Waals surface area contributed by atoms with Crippen molar-refractivity contribution in [2.24, 2.45) is 11.1 Å². The van der Waals surface area contributed by atoms with Crippen LogP contribution < -0.4 is 5.73 Å². The summed E-state index contributed by atoms with van der Waals surface area (Å²) in [5, 5.41) is 16.5. The van der Waals surface area contributed by atoms with E-state index in [1.54, 1.807) is 0 Å². The Kier molecular flexibility index (Phi) is 15.0. The molecule has 0 heterocycles. The van der Waals surface area contributed by atoms with Crippen LogP contribution in [-0.4, -0.2) is 42.5 Å². The molecule has 4 N–H and O–H groups in total. The first-order valence-corrected chi connectivity index (χ1v) is 6.94. The molecule has 0 bridgehead atoms. The molecule has 5 heteroatoms. The lowest BCUT2D eigenvalue weighted by Crippen LogP contribution is -2.10. The molecule has 0 unspecified atom stereocenters. The van der Waals surface area contributed by atoms with Gasteiger partial charge in [-0.2, -0.15) is 0 Å². The normalized spacial score (nSPS) is 10.8. The number of unbranched alkanes of at least 4 members (excludes halogenated alkanes) is 2. The van der Waals surface area contributed by atoms with Crippen molar-refractivity contribution in [3.8, 4) is 0 Å². The Morgan fingerprint density at radius 2 is 1.79 bits per heavy atom. The number of nitrogens with two attached hydrogens (primary N) is 1. The number of rotatable bonds is 9. The van der Waals surface area contributed by atoms with Gasteiger partial charge in [0.1, 0.15) is 0 Å². The highest BCUT2D eigenvalue weighted by Crippen LogP contribution is 2.22. The van der Waals surface area contributed by atoms with E-state index in [-0.39, 0.29) is 6.61 Å². The summed E-state index contributed by atoms with van der Waals surface area (Å²) in [6, 6.07) is 0. The van der Waals surface area contributed by atoms with Crippen LogP contribution in [-0.2, 0) is 9.53 Å². The summed E-state index contributed by atoms with van der Waals surface area (Å²) in [5.41, 5.74) is 5.45. The number of hydrogen-bond acceptors (Lipinski definition) is 4. The monoisotopic (exact) mass is 277 g/mol. The fourth-order valence-electron chi connectivity index (χ4n) is 1.36. The van der Waals surface area contributed by atoms with Crippen LogP contribution in [0.2, 0.25) is 0 Å². The average molecular weight is 277 g/mol. The van der Waals surface area contributed by atoms with Crippen molar-refractivity contribution in [3.05, 3.63) is 0 Å². The molecule has 0 spiro atoms. The molecule has 0 saturated heterocycles. The Balaban J connectivity index is 0. The van der Waals surface area contributed by atoms with Crippen molar-refractivity contribution >= 4 is 5.97 Å². The fraction of sp³-hybridized carbons (Fsp3) is 0.929. The van der Waals surface area contributed by atoms with E-state index in [9.17, 15) is 4.79 Å². The first-order valence-electron chi connectivity index (χ1n) is 6.94. The zero-order valence-electron chi connectivity index (χ0n) is 12.7. The third-order valence-corrected chi connectivity index (χ3v) is 2.32. The van der Waals surface area contributed by atoms with E-state index < -0.39 is 5.97 Å². The molecule has 0 amide bonds. The van der Waals surface area contributed by atoms with Gasteiger partial charge in [-0.25, -0.2) is 0 Å². The fourth-order valence-corrected chi connectivity index (χ4v) is 1.36. The number of aliphatic carboxylic acids is 1. The van der Waals surface area contributed by atoms with Crippen molar-refractivity contribution in [2.45, 2.75) is 52.9 Å². The number of aliphatic hydroxyl groups is 1. The van der Waals surface area contributed by atoms with Crippen LogP contribution in [0, 0.1) is 5.41 Å². The maximum Gasteiger partial charge on any atom is 0.303 e. The predicted octanol–water partition coefficient (Wildman–Crippen LogP) is 2.02. The Morgan fingerprint density at radius 1 is 1.16 bits per heavy atom. The molecule has 0 saturated carbocycles. The van der Waals surface area contributed by atoms with Gasteiger partial charge in [-0.15, -0.1) is 0 Å². The minimum Gasteiger partial charge on any atom is -0.481 e. The summed E-state index contributed by atoms with van der Waals surface area (Å²) in [6.07, 6.45) is 4.53. The van der Waals surface area contributed by atoms with Crippen LogP contribution in [0.3, 0.4) is 0 Å². The van der Waals surface area contributed by atoms with Gasteiger partial charge in [-0.3, -0.25) is 4.79 Å². The zero-order valence-corrected chi connectivity index (χ0v) is 12.7. The molecule has 0 aromatic rings. The first-order chi connectivity index (χ1) is 8.83. The molecule has 0 radical (unpaired) electrons. The van der Waals surface area contributed by atoms with E-state index in [0.717, 1.165) is 19.3 Å². The highest BCUT2D eigenvalue weighted by molar-refractivity contribution is 5.66. The number of carboxylic acid groups (broad SMARTS) is 1. The Hall–Kier alpha value is -0.650. The second-order valence-corrected chi connectivity index (χ2v) is 5.64. The van der Waals surface area contributed by atoms with Crippen LogP contribution >= 0.6 is 0 Å². The summed E-state index contributed by atoms with van der Waals surface area (Å²) in [4.78, 5) is 10.2. The van der Waals surface area contributed by atoms with Gasteiger partial charge < -0.3 is 20.7 Å². The van der Waals surface area contributed by atoms with Gasteiger partial charge >= 0.3 is 5.97 Å². The summed E-state index contributed by atoms with van der Waals surface area (Å²) < 4.78 is 4.76. The quantitative estimate of drug-likeness (QED) is 0.561. The summed E-state index contributed by atoms with van der Waals surface area (Å²) in [5.74, 6) is -0.675. The molecule has 0 aliphatic rings. The molecule has 0 aliphatic carbocycles. The second kappa shape index (κ2) is 13.8. The smallest absolute Gasteiger partial charge is 0.303 e. The lowest BCUT2D eigenvalue weighted by molar-refractivity contribution is -0.137. The number of ether oxygens (including phenoxy) is 1. The topological polar surface area (TPSA) is 92.8 Å². The largest absolute Gasteiger partial charge is 0.481 e. The predicted molar refractivity (Wildman–Crippen MR) is 77.1 cm³/mol. The van der Waals surface area contributed by atoms with Gasteiger partial charge in [-0.1, -0.05) is 33.6 Å². The number of carboxylic acids is 1. The number of carbonyl (C=O) groups is 1. The van der Waals surface area contributed by atoms with E-state index in [2.05, 4.69) is 20.8 Å². The zero-order chi connectivity index (χ0) is 15.1. The third-order valence-electron chi connectivity index (χ3n) is 2.32. The minimum absolute atomic E-state index is 0.0833. The van der Waals surface area contributed by atoms with Crippen LogP contribution in [0.5, 0.6) is 0 Å². The number of hydrogen-bond donors (Lipinski definition) is 3. The lowest BCUT2D eigenvalue weighted by Gasteiger charge is -2.17. The van der Waals surface area contributed by atoms with Crippen molar-refractivity contribution in [1.29, 1.82) is 0 Å². The molecule has 0 atom stereocenters. The number of aliphatic hydroxyl groups excluding tert-OH is 1. The van der Waals surface area contributed by atoms with Crippen LogP contribution in [0.15, 0.2) is 0 Å². The SMILES string of the molecule is CC(C)(C)CCCCCC(=O)O.NCCOCCO. The Labute approximate surface area is 117 Å². The average Bonchev–Trinajstić information content (AvgIpc) is 2.28. The van der Waals surface area contributed by atoms with Gasteiger partial charge in [0, 0.05) is 13.0 Å². The summed E-state index contributed by atoms with van der Waals surface area (Å²) in [7, 11) is 0. The summed E-state index contributed by atoms with van der Waals surface area (Å²) in [6.45, 7) is 8.19. The molecule has 5 nitrogen and oxygen atoms in total. The van der Waals surface area contributed by atoms with Crippen molar-refractivity contribution < 1.29 is 19.7 Å². The standard InChI is InChI=1S/C10H20O2.C4H11NO2/c1-10(2,3)8-6-4-5-7-9(11)12;5-1-3-7-4-2-6/h4-8H2,1-3H3,(H,11,12);6H,1-5H2. The van der Waals surface area contributed by atoms with Gasteiger partial charge in [0.25, 0.3) is 0 Å². The molecule has 0 rings (SSSR count). The van der Waals surface area contributed by atoms with Crippen LogP contribution in [0.4, 0.5) is 0 Å². The van der Waals surface area contributed by atoms with Gasteiger partial charge in [0.05, 0.1) is 19.8 Å². The molecule has 19 heavy (non-hydrogen) atoms. The highest BCUT2D eigenvalue weighted by atomic mass is 16.5. The van der Waals surface area contributed by atoms with Gasteiger partial charge in [0.2, 0.25) is 0 Å². The van der Waals surface area contributed by atoms with E-state index in [4.69, 9.17) is 20.7 Å². The Bertz CT molecular complexity index is 198. The van der Waals surface area contributed by atoms with Gasteiger partial charge in [-0.05, 0) is 18.3 Å². The van der Waals surface area contributed by atoms with Crippen molar-refractivity contribution in [3.63, 3.8) is 0 Å². The lowest BCUT2D eigenvalue weighted by atomic mass is 9.89. The van der Waals surface area contributed by atoms with Crippen LogP contribution in [0.1, 0.15) is 52.9 Å². The third kappa shape index (κ3) is 26.8. The van der Waals surface area contributed by atoms with E-state index in [1.165, 1.54) is 6.42 Å². The Morgan fingerprint density at radius 3 is 2.21 bits per heavy atom. The molecule has 0 aromatic heterocycles. The van der Waals surface area contributed by atoms with E-state index >= 15 is 0 Å².